The summed E-state index contributed by atoms with van der Waals surface area (Å²) >= 11 is 0. The lowest BCUT2D eigenvalue weighted by Crippen LogP contribution is -2.51. The van der Waals surface area contributed by atoms with Crippen LogP contribution in [0.15, 0.2) is 0 Å². The van der Waals surface area contributed by atoms with Gasteiger partial charge < -0.3 is 15.9 Å². The van der Waals surface area contributed by atoms with E-state index in [2.05, 4.69) is 11.1 Å². The molecule has 0 amide bonds. The van der Waals surface area contributed by atoms with E-state index in [0.717, 1.165) is 19.3 Å². The zero-order valence-electron chi connectivity index (χ0n) is 14.9. The van der Waals surface area contributed by atoms with Crippen LogP contribution < -0.4 is 5.73 Å². The van der Waals surface area contributed by atoms with Crippen molar-refractivity contribution in [3.63, 3.8) is 0 Å². The molecule has 0 radical (unpaired) electrons. The first-order valence-corrected chi connectivity index (χ1v) is 10.3. The quantitative estimate of drug-likeness (QED) is 0.335. The third-order valence-electron chi connectivity index (χ3n) is 3.85. The molecule has 0 aromatic rings. The fraction of sp³-hybridized carbons (Fsp3) is 1.00. The number of rotatable bonds is 17. The van der Waals surface area contributed by atoms with E-state index < -0.39 is 35.8 Å². The van der Waals surface area contributed by atoms with Gasteiger partial charge in [-0.2, -0.15) is 8.42 Å². The van der Waals surface area contributed by atoms with Crippen LogP contribution >= 0.6 is 0 Å². The Labute approximate surface area is 146 Å². The Morgan fingerprint density at radius 2 is 1.29 bits per heavy atom. The molecule has 7 nitrogen and oxygen atoms in total. The summed E-state index contributed by atoms with van der Waals surface area (Å²) in [4.78, 5) is 0. The van der Waals surface area contributed by atoms with E-state index in [-0.39, 0.29) is 6.61 Å². The van der Waals surface area contributed by atoms with Crippen LogP contribution in [0.2, 0.25) is 0 Å². The number of aliphatic hydroxyl groups is 2. The molecule has 0 unspecified atom stereocenters. The topological polar surface area (TPSA) is 119 Å². The van der Waals surface area contributed by atoms with Gasteiger partial charge >= 0.3 is 10.4 Å². The third kappa shape index (κ3) is 13.1. The van der Waals surface area contributed by atoms with E-state index in [0.29, 0.717) is 6.42 Å². The van der Waals surface area contributed by atoms with Gasteiger partial charge in [0, 0.05) is 0 Å². The summed E-state index contributed by atoms with van der Waals surface area (Å²) in [6.45, 7) is 0.572. The van der Waals surface area contributed by atoms with Crippen LogP contribution in [-0.4, -0.2) is 50.6 Å². The van der Waals surface area contributed by atoms with E-state index in [1.54, 1.807) is 0 Å². The van der Waals surface area contributed by atoms with Crippen molar-refractivity contribution < 1.29 is 27.0 Å². The molecule has 0 spiro atoms. The molecule has 0 heterocycles. The molecule has 0 aliphatic heterocycles. The van der Waals surface area contributed by atoms with Crippen LogP contribution in [0.5, 0.6) is 0 Å². The molecule has 0 bridgehead atoms. The molecule has 0 aromatic carbocycles. The average molecular weight is 370 g/mol. The van der Waals surface area contributed by atoms with Gasteiger partial charge in [0.1, 0.15) is 0 Å². The molecule has 0 fully saturated rings. The monoisotopic (exact) mass is 369 g/mol. The van der Waals surface area contributed by atoms with Crippen LogP contribution in [0.3, 0.4) is 0 Å². The fourth-order valence-electron chi connectivity index (χ4n) is 2.12. The third-order valence-corrected chi connectivity index (χ3v) is 4.71. The molecule has 0 saturated heterocycles. The molecular weight excluding hydrogens is 334 g/mol. The second-order valence-corrected chi connectivity index (χ2v) is 7.64. The van der Waals surface area contributed by atoms with E-state index in [1.807, 2.05) is 0 Å². The Bertz CT molecular complexity index is 384. The summed E-state index contributed by atoms with van der Waals surface area (Å²) in [5.74, 6) is 0. The summed E-state index contributed by atoms with van der Waals surface area (Å²) < 4.78 is 32.3. The van der Waals surface area contributed by atoms with E-state index >= 15 is 0 Å². The Morgan fingerprint density at radius 3 is 1.75 bits per heavy atom. The maximum atomic E-state index is 11.5. The highest BCUT2D eigenvalue weighted by atomic mass is 32.3. The first kappa shape index (κ1) is 23.8. The van der Waals surface area contributed by atoms with Gasteiger partial charge in [0.05, 0.1) is 32.0 Å². The van der Waals surface area contributed by atoms with Crippen molar-refractivity contribution in [2.24, 2.45) is 5.73 Å². The van der Waals surface area contributed by atoms with Crippen molar-refractivity contribution in [2.75, 3.05) is 26.4 Å². The minimum Gasteiger partial charge on any atom is -0.394 e. The highest BCUT2D eigenvalue weighted by Gasteiger charge is 2.27. The Balaban J connectivity index is 3.59. The summed E-state index contributed by atoms with van der Waals surface area (Å²) in [6, 6.07) is 0. The van der Waals surface area contributed by atoms with Crippen LogP contribution in [0.25, 0.3) is 0 Å². The van der Waals surface area contributed by atoms with Gasteiger partial charge in [-0.05, 0) is 6.42 Å². The smallest absolute Gasteiger partial charge is 0.394 e. The summed E-state index contributed by atoms with van der Waals surface area (Å²) in [5, 5.41) is 17.9. The standard InChI is InChI=1S/C16H35NO6S/c1-2-3-4-5-6-7-8-9-10-11-12-22-24(20,21)23-15-16(17,13-18)14-19/h18-19H,2-15,17H2,1H3. The Morgan fingerprint density at radius 1 is 0.833 bits per heavy atom. The number of unbranched alkanes of at least 4 members (excludes halogenated alkanes) is 9. The Hall–Kier alpha value is -0.250. The highest BCUT2D eigenvalue weighted by Crippen LogP contribution is 2.11. The molecule has 0 atom stereocenters. The minimum atomic E-state index is -4.15. The molecule has 0 aliphatic rings. The molecule has 0 aromatic heterocycles. The Kier molecular flexibility index (Phi) is 13.8. The summed E-state index contributed by atoms with van der Waals surface area (Å²) in [7, 11) is -4.15. The van der Waals surface area contributed by atoms with Crippen LogP contribution in [0, 0.1) is 0 Å². The molecule has 4 N–H and O–H groups in total. The van der Waals surface area contributed by atoms with Gasteiger partial charge in [-0.15, -0.1) is 0 Å². The first-order valence-electron chi connectivity index (χ1n) is 8.93. The van der Waals surface area contributed by atoms with Gasteiger partial charge in [-0.3, -0.25) is 0 Å². The average Bonchev–Trinajstić information content (AvgIpc) is 2.57. The van der Waals surface area contributed by atoms with Gasteiger partial charge in [-0.1, -0.05) is 64.7 Å². The van der Waals surface area contributed by atoms with Crippen molar-refractivity contribution in [3.05, 3.63) is 0 Å². The second-order valence-electron chi connectivity index (χ2n) is 6.35. The van der Waals surface area contributed by atoms with Crippen molar-refractivity contribution in [2.45, 2.75) is 76.7 Å². The van der Waals surface area contributed by atoms with Crippen molar-refractivity contribution >= 4 is 10.4 Å². The maximum Gasteiger partial charge on any atom is 0.399 e. The molecule has 0 saturated carbocycles. The summed E-state index contributed by atoms with van der Waals surface area (Å²) in [6.07, 6.45) is 11.5. The highest BCUT2D eigenvalue weighted by molar-refractivity contribution is 7.81. The van der Waals surface area contributed by atoms with Crippen LogP contribution in [0.1, 0.15) is 71.1 Å². The van der Waals surface area contributed by atoms with Crippen molar-refractivity contribution in [3.8, 4) is 0 Å². The number of nitrogens with two attached hydrogens (primary N) is 1. The number of aliphatic hydroxyl groups excluding tert-OH is 2. The molecule has 24 heavy (non-hydrogen) atoms. The van der Waals surface area contributed by atoms with Gasteiger partial charge in [0.2, 0.25) is 0 Å². The maximum absolute atomic E-state index is 11.5. The second kappa shape index (κ2) is 14.0. The molecule has 8 heteroatoms. The lowest BCUT2D eigenvalue weighted by molar-refractivity contribution is 0.0725. The van der Waals surface area contributed by atoms with E-state index in [4.69, 9.17) is 20.1 Å². The molecule has 0 rings (SSSR count). The zero-order chi connectivity index (χ0) is 18.3. The SMILES string of the molecule is CCCCCCCCCCCCOS(=O)(=O)OCC(N)(CO)CO. The van der Waals surface area contributed by atoms with Crippen molar-refractivity contribution in [1.82, 2.24) is 0 Å². The van der Waals surface area contributed by atoms with Gasteiger partial charge in [-0.25, -0.2) is 8.37 Å². The summed E-state index contributed by atoms with van der Waals surface area (Å²) in [5.41, 5.74) is 4.03. The van der Waals surface area contributed by atoms with Gasteiger partial charge in [0.15, 0.2) is 0 Å². The molecular formula is C16H35NO6S. The van der Waals surface area contributed by atoms with E-state index in [9.17, 15) is 8.42 Å². The normalized spacial score (nSPS) is 12.7. The predicted octanol–water partition coefficient (Wildman–Crippen LogP) is 1.87. The first-order chi connectivity index (χ1) is 11.4. The fourth-order valence-corrected chi connectivity index (χ4v) is 2.88. The lowest BCUT2D eigenvalue weighted by Gasteiger charge is -2.23. The molecule has 0 aliphatic carbocycles. The number of hydrogen-bond acceptors (Lipinski definition) is 7. The minimum absolute atomic E-state index is 0.0641. The zero-order valence-corrected chi connectivity index (χ0v) is 15.7. The van der Waals surface area contributed by atoms with Crippen LogP contribution in [-0.2, 0) is 18.8 Å². The largest absolute Gasteiger partial charge is 0.399 e. The van der Waals surface area contributed by atoms with Gasteiger partial charge in [0.25, 0.3) is 0 Å². The lowest BCUT2D eigenvalue weighted by atomic mass is 10.1. The van der Waals surface area contributed by atoms with E-state index in [1.165, 1.54) is 38.5 Å². The predicted molar refractivity (Wildman–Crippen MR) is 93.8 cm³/mol. The molecule has 146 valence electrons. The van der Waals surface area contributed by atoms with Crippen LogP contribution in [0.4, 0.5) is 0 Å². The number of hydrogen-bond donors (Lipinski definition) is 3. The van der Waals surface area contributed by atoms with Crippen molar-refractivity contribution in [1.29, 1.82) is 0 Å².